The van der Waals surface area contributed by atoms with E-state index in [9.17, 15) is 23.1 Å². The van der Waals surface area contributed by atoms with Crippen LogP contribution >= 0.6 is 0 Å². The molecule has 1 fully saturated rings. The lowest BCUT2D eigenvalue weighted by molar-refractivity contribution is -0.143. The van der Waals surface area contributed by atoms with Gasteiger partial charge in [0.15, 0.2) is 11.3 Å². The largest absolute Gasteiger partial charge is 0.497 e. The van der Waals surface area contributed by atoms with Crippen molar-refractivity contribution >= 4 is 11.6 Å². The molecule has 1 saturated heterocycles. The number of carbonyl (C=O) groups excluding carboxylic acids is 1. The van der Waals surface area contributed by atoms with Crippen LogP contribution < -0.4 is 4.74 Å². The standard InChI is InChI=1S/C28H28F3N5O3/c1-18-24(20-8-10-21(39-2)11-9-20)33-26-22(16-32-36(26)25(18)28(29,30)31)27(38)35-14-12-34(13-15-35)23(17-37)19-6-4-3-5-7-19/h3-11,16,23,37H,12-15,17H2,1-2H3/t23-/m1/s1. The zero-order valence-corrected chi connectivity index (χ0v) is 21.5. The lowest BCUT2D eigenvalue weighted by atomic mass is 10.0. The van der Waals surface area contributed by atoms with E-state index in [-0.39, 0.29) is 35.1 Å². The number of benzene rings is 2. The van der Waals surface area contributed by atoms with Crippen LogP contribution in [0.25, 0.3) is 16.9 Å². The number of amides is 1. The van der Waals surface area contributed by atoms with Crippen molar-refractivity contribution in [1.29, 1.82) is 0 Å². The highest BCUT2D eigenvalue weighted by Gasteiger charge is 2.39. The van der Waals surface area contributed by atoms with Crippen molar-refractivity contribution in [2.24, 2.45) is 0 Å². The zero-order chi connectivity index (χ0) is 27.7. The fraction of sp³-hybridized carbons (Fsp3) is 0.321. The number of rotatable bonds is 6. The Bertz CT molecular complexity index is 1460. The molecule has 0 aliphatic carbocycles. The van der Waals surface area contributed by atoms with Crippen LogP contribution in [0.1, 0.15) is 33.2 Å². The smallest absolute Gasteiger partial charge is 0.433 e. The first-order valence-corrected chi connectivity index (χ1v) is 12.5. The summed E-state index contributed by atoms with van der Waals surface area (Å²) >= 11 is 0. The highest BCUT2D eigenvalue weighted by Crippen LogP contribution is 2.37. The summed E-state index contributed by atoms with van der Waals surface area (Å²) in [5, 5.41) is 13.9. The fourth-order valence-electron chi connectivity index (χ4n) is 5.10. The van der Waals surface area contributed by atoms with Crippen LogP contribution in [-0.2, 0) is 6.18 Å². The van der Waals surface area contributed by atoms with Crippen molar-refractivity contribution in [2.75, 3.05) is 39.9 Å². The maximum atomic E-state index is 14.2. The van der Waals surface area contributed by atoms with Crippen molar-refractivity contribution < 1.29 is 27.8 Å². The summed E-state index contributed by atoms with van der Waals surface area (Å²) in [4.78, 5) is 21.7. The molecule has 1 aliphatic heterocycles. The second-order valence-electron chi connectivity index (χ2n) is 9.39. The summed E-state index contributed by atoms with van der Waals surface area (Å²) in [5.41, 5.74) is 0.348. The van der Waals surface area contributed by atoms with E-state index in [0.29, 0.717) is 42.0 Å². The van der Waals surface area contributed by atoms with Crippen LogP contribution in [0.5, 0.6) is 5.75 Å². The first-order valence-electron chi connectivity index (χ1n) is 12.5. The summed E-state index contributed by atoms with van der Waals surface area (Å²) in [7, 11) is 1.50. The molecule has 0 bridgehead atoms. The van der Waals surface area contributed by atoms with Crippen LogP contribution in [0.4, 0.5) is 13.2 Å². The Morgan fingerprint density at radius 1 is 1.05 bits per heavy atom. The lowest BCUT2D eigenvalue weighted by Gasteiger charge is -2.38. The van der Waals surface area contributed by atoms with Gasteiger partial charge in [0, 0.05) is 37.3 Å². The average Bonchev–Trinajstić information content (AvgIpc) is 3.36. The third-order valence-electron chi connectivity index (χ3n) is 7.15. The maximum absolute atomic E-state index is 14.2. The summed E-state index contributed by atoms with van der Waals surface area (Å²) < 4.78 is 48.5. The molecule has 2 aromatic heterocycles. The Morgan fingerprint density at radius 2 is 1.72 bits per heavy atom. The molecule has 1 amide bonds. The molecule has 0 unspecified atom stereocenters. The van der Waals surface area contributed by atoms with E-state index in [0.717, 1.165) is 11.8 Å². The second kappa shape index (κ2) is 10.7. The minimum absolute atomic E-state index is 0.00507. The lowest BCUT2D eigenvalue weighted by Crippen LogP contribution is -2.50. The minimum atomic E-state index is -4.72. The van der Waals surface area contributed by atoms with E-state index < -0.39 is 17.8 Å². The van der Waals surface area contributed by atoms with E-state index in [2.05, 4.69) is 15.0 Å². The van der Waals surface area contributed by atoms with Gasteiger partial charge in [0.2, 0.25) is 0 Å². The molecule has 1 aliphatic rings. The van der Waals surface area contributed by atoms with Gasteiger partial charge in [-0.2, -0.15) is 18.3 Å². The van der Waals surface area contributed by atoms with Crippen molar-refractivity contribution in [1.82, 2.24) is 24.4 Å². The molecule has 8 nitrogen and oxygen atoms in total. The molecule has 204 valence electrons. The molecule has 1 atom stereocenters. The number of ether oxygens (including phenoxy) is 1. The van der Waals surface area contributed by atoms with Gasteiger partial charge >= 0.3 is 6.18 Å². The highest BCUT2D eigenvalue weighted by molar-refractivity contribution is 6.00. The normalized spacial score (nSPS) is 15.5. The quantitative estimate of drug-likeness (QED) is 0.395. The first-order chi connectivity index (χ1) is 18.7. The Kier molecular flexibility index (Phi) is 7.28. The van der Waals surface area contributed by atoms with E-state index in [1.807, 2.05) is 30.3 Å². The average molecular weight is 540 g/mol. The van der Waals surface area contributed by atoms with Crippen LogP contribution in [0.15, 0.2) is 60.8 Å². The number of halogens is 3. The van der Waals surface area contributed by atoms with Gasteiger partial charge in [-0.05, 0) is 36.8 Å². The number of aliphatic hydroxyl groups excluding tert-OH is 1. The fourth-order valence-corrected chi connectivity index (χ4v) is 5.10. The molecule has 39 heavy (non-hydrogen) atoms. The SMILES string of the molecule is COc1ccc(-c2nc3c(C(=O)N4CCN([C@H](CO)c5ccccc5)CC4)cnn3c(C(F)(F)F)c2C)cc1. The zero-order valence-electron chi connectivity index (χ0n) is 21.5. The van der Waals surface area contributed by atoms with Crippen LogP contribution in [0, 0.1) is 6.92 Å². The maximum Gasteiger partial charge on any atom is 0.433 e. The van der Waals surface area contributed by atoms with E-state index >= 15 is 0 Å². The number of aliphatic hydroxyl groups is 1. The third-order valence-corrected chi connectivity index (χ3v) is 7.15. The Balaban J connectivity index is 1.46. The number of methoxy groups -OCH3 is 1. The molecular weight excluding hydrogens is 511 g/mol. The monoisotopic (exact) mass is 539 g/mol. The Morgan fingerprint density at radius 3 is 2.31 bits per heavy atom. The van der Waals surface area contributed by atoms with Crippen LogP contribution in [-0.4, -0.2) is 75.3 Å². The van der Waals surface area contributed by atoms with Gasteiger partial charge < -0.3 is 14.7 Å². The topological polar surface area (TPSA) is 83.2 Å². The summed E-state index contributed by atoms with van der Waals surface area (Å²) in [6.07, 6.45) is -3.56. The number of nitrogens with zero attached hydrogens (tertiary/aromatic N) is 5. The van der Waals surface area contributed by atoms with Gasteiger partial charge in [-0.15, -0.1) is 0 Å². The van der Waals surface area contributed by atoms with Crippen molar-refractivity contribution in [3.8, 4) is 17.0 Å². The third kappa shape index (κ3) is 5.07. The van der Waals surface area contributed by atoms with Gasteiger partial charge in [0.1, 0.15) is 11.3 Å². The molecule has 0 radical (unpaired) electrons. The molecule has 2 aromatic carbocycles. The van der Waals surface area contributed by atoms with Gasteiger partial charge in [0.25, 0.3) is 5.91 Å². The summed E-state index contributed by atoms with van der Waals surface area (Å²) in [5.74, 6) is 0.124. The Hall–Kier alpha value is -3.96. The number of piperazine rings is 1. The Labute approximate surface area is 223 Å². The first kappa shape index (κ1) is 26.6. The molecule has 5 rings (SSSR count). The predicted octanol–water partition coefficient (Wildman–Crippen LogP) is 4.22. The number of alkyl halides is 3. The van der Waals surface area contributed by atoms with Crippen molar-refractivity contribution in [3.63, 3.8) is 0 Å². The van der Waals surface area contributed by atoms with Gasteiger partial charge in [-0.25, -0.2) is 9.50 Å². The number of hydrogen-bond acceptors (Lipinski definition) is 6. The number of aromatic nitrogens is 3. The number of carbonyl (C=O) groups is 1. The molecule has 11 heteroatoms. The number of hydrogen-bond donors (Lipinski definition) is 1. The molecule has 0 spiro atoms. The van der Waals surface area contributed by atoms with Gasteiger partial charge in [-0.3, -0.25) is 9.69 Å². The predicted molar refractivity (Wildman–Crippen MR) is 138 cm³/mol. The highest BCUT2D eigenvalue weighted by atomic mass is 19.4. The molecule has 4 aromatic rings. The van der Waals surface area contributed by atoms with Crippen LogP contribution in [0.2, 0.25) is 0 Å². The van der Waals surface area contributed by atoms with Crippen molar-refractivity contribution in [2.45, 2.75) is 19.1 Å². The van der Waals surface area contributed by atoms with Crippen molar-refractivity contribution in [3.05, 3.63) is 83.2 Å². The summed E-state index contributed by atoms with van der Waals surface area (Å²) in [6, 6.07) is 16.0. The van der Waals surface area contributed by atoms with Gasteiger partial charge in [0.05, 0.1) is 31.6 Å². The number of fused-ring (bicyclic) bond motifs is 1. The minimum Gasteiger partial charge on any atom is -0.497 e. The summed E-state index contributed by atoms with van der Waals surface area (Å²) in [6.45, 7) is 2.99. The van der Waals surface area contributed by atoms with E-state index in [1.54, 1.807) is 29.2 Å². The second-order valence-corrected chi connectivity index (χ2v) is 9.39. The van der Waals surface area contributed by atoms with Gasteiger partial charge in [-0.1, -0.05) is 30.3 Å². The van der Waals surface area contributed by atoms with Crippen LogP contribution in [0.3, 0.4) is 0 Å². The molecule has 1 N–H and O–H groups in total. The molecular formula is C28H28F3N5O3. The molecule has 3 heterocycles. The molecule has 0 saturated carbocycles. The van der Waals surface area contributed by atoms with E-state index in [1.165, 1.54) is 14.0 Å². The van der Waals surface area contributed by atoms with E-state index in [4.69, 9.17) is 4.74 Å².